The molecule has 0 fully saturated rings. The smallest absolute Gasteiger partial charge is 0.212 e. The van der Waals surface area contributed by atoms with Crippen LogP contribution in [-0.4, -0.2) is 15.3 Å². The van der Waals surface area contributed by atoms with E-state index in [1.54, 1.807) is 12.6 Å². The van der Waals surface area contributed by atoms with Crippen LogP contribution in [0.4, 0.5) is 0 Å². The molecule has 0 saturated heterocycles. The first-order valence-corrected chi connectivity index (χ1v) is 12.9. The summed E-state index contributed by atoms with van der Waals surface area (Å²) in [5.74, 6) is -0.119. The molecule has 0 bridgehead atoms. The highest BCUT2D eigenvalue weighted by molar-refractivity contribution is 6.12. The normalized spacial score (nSPS) is 11.7. The van der Waals surface area contributed by atoms with Gasteiger partial charge in [0.2, 0.25) is 5.78 Å². The van der Waals surface area contributed by atoms with E-state index in [4.69, 9.17) is 4.42 Å². The molecule has 5 aromatic carbocycles. The summed E-state index contributed by atoms with van der Waals surface area (Å²) in [4.78, 5) is 18.4. The van der Waals surface area contributed by atoms with Crippen LogP contribution in [0, 0.1) is 0 Å². The van der Waals surface area contributed by atoms with Gasteiger partial charge in [-0.15, -0.1) is 0 Å². The number of benzene rings is 5. The van der Waals surface area contributed by atoms with Gasteiger partial charge in [-0.25, -0.2) is 4.98 Å². The minimum atomic E-state index is -0.717. The lowest BCUT2D eigenvalue weighted by Crippen LogP contribution is -2.37. The van der Waals surface area contributed by atoms with E-state index in [1.807, 2.05) is 97.2 Å². The molecule has 39 heavy (non-hydrogen) atoms. The molecule has 0 aliphatic carbocycles. The third kappa shape index (κ3) is 3.69. The van der Waals surface area contributed by atoms with Gasteiger partial charge in [-0.1, -0.05) is 109 Å². The van der Waals surface area contributed by atoms with Gasteiger partial charge in [-0.2, -0.15) is 0 Å². The predicted molar refractivity (Wildman–Crippen MR) is 154 cm³/mol. The molecule has 2 heterocycles. The minimum absolute atomic E-state index is 0.119. The molecule has 2 aromatic heterocycles. The van der Waals surface area contributed by atoms with Crippen molar-refractivity contribution in [1.82, 2.24) is 9.55 Å². The Morgan fingerprint density at radius 2 is 1.28 bits per heavy atom. The lowest BCUT2D eigenvalue weighted by atomic mass is 9.77. The summed E-state index contributed by atoms with van der Waals surface area (Å²) in [7, 11) is 0. The zero-order valence-corrected chi connectivity index (χ0v) is 21.1. The molecule has 4 heteroatoms. The second-order valence-corrected chi connectivity index (χ2v) is 9.64. The number of imidazole rings is 1. The Morgan fingerprint density at radius 3 is 1.90 bits per heavy atom. The number of carbonyl (C=O) groups excluding carboxylic acids is 1. The molecule has 4 nitrogen and oxygen atoms in total. The summed E-state index contributed by atoms with van der Waals surface area (Å²) in [5, 5.41) is 3.08. The second-order valence-electron chi connectivity index (χ2n) is 9.64. The van der Waals surface area contributed by atoms with Crippen molar-refractivity contribution in [3.8, 4) is 0 Å². The van der Waals surface area contributed by atoms with Crippen LogP contribution in [-0.2, 0) is 5.54 Å². The van der Waals surface area contributed by atoms with Gasteiger partial charge in [0, 0.05) is 17.1 Å². The maximum Gasteiger partial charge on any atom is 0.212 e. The third-order valence-corrected chi connectivity index (χ3v) is 7.49. The summed E-state index contributed by atoms with van der Waals surface area (Å²) in [6, 6.07) is 42.8. The van der Waals surface area contributed by atoms with Gasteiger partial charge in [0.25, 0.3) is 0 Å². The number of hydrogen-bond donors (Lipinski definition) is 0. The van der Waals surface area contributed by atoms with E-state index >= 15 is 0 Å². The van der Waals surface area contributed by atoms with Gasteiger partial charge in [0.15, 0.2) is 0 Å². The van der Waals surface area contributed by atoms with E-state index in [0.717, 1.165) is 38.4 Å². The second kappa shape index (κ2) is 9.26. The summed E-state index contributed by atoms with van der Waals surface area (Å²) in [5.41, 5.74) is 4.34. The van der Waals surface area contributed by atoms with Crippen molar-refractivity contribution in [2.45, 2.75) is 5.54 Å². The Labute approximate surface area is 225 Å². The first-order valence-electron chi connectivity index (χ1n) is 12.9. The SMILES string of the molecule is O=C(c1ccc2c(ccc3occc32)c1)c1cn(C(c2ccccc2)(c2ccccc2)c2ccccc2)cn1. The van der Waals surface area contributed by atoms with E-state index < -0.39 is 5.54 Å². The van der Waals surface area contributed by atoms with Crippen LogP contribution in [0.5, 0.6) is 0 Å². The Kier molecular flexibility index (Phi) is 5.45. The number of carbonyl (C=O) groups is 1. The highest BCUT2D eigenvalue weighted by atomic mass is 16.3. The number of ketones is 1. The molecular formula is C35H24N2O2. The van der Waals surface area contributed by atoms with Crippen LogP contribution >= 0.6 is 0 Å². The first kappa shape index (κ1) is 22.9. The largest absolute Gasteiger partial charge is 0.464 e. The van der Waals surface area contributed by atoms with E-state index in [0.29, 0.717) is 11.3 Å². The number of hydrogen-bond acceptors (Lipinski definition) is 3. The van der Waals surface area contributed by atoms with Gasteiger partial charge in [-0.3, -0.25) is 4.79 Å². The van der Waals surface area contributed by atoms with Crippen LogP contribution in [0.2, 0.25) is 0 Å². The van der Waals surface area contributed by atoms with Gasteiger partial charge >= 0.3 is 0 Å². The van der Waals surface area contributed by atoms with Crippen molar-refractivity contribution >= 4 is 27.5 Å². The van der Waals surface area contributed by atoms with E-state index in [1.165, 1.54) is 0 Å². The molecule has 0 N–H and O–H groups in total. The molecule has 0 atom stereocenters. The van der Waals surface area contributed by atoms with E-state index in [-0.39, 0.29) is 5.78 Å². The average molecular weight is 505 g/mol. The molecule has 7 aromatic rings. The van der Waals surface area contributed by atoms with Crippen LogP contribution in [0.1, 0.15) is 32.7 Å². The predicted octanol–water partition coefficient (Wildman–Crippen LogP) is 7.85. The fraction of sp³-hybridized carbons (Fsp3) is 0.0286. The monoisotopic (exact) mass is 504 g/mol. The van der Waals surface area contributed by atoms with Crippen LogP contribution in [0.25, 0.3) is 21.7 Å². The molecule has 0 saturated carbocycles. The molecule has 186 valence electrons. The standard InChI is InChI=1S/C35H24N2O2/c38-34(26-16-18-30-25(22-26)17-19-33-31(30)20-21-39-33)32-23-37(24-36-32)35(27-10-4-1-5-11-27,28-12-6-2-7-13-28)29-14-8-3-9-15-29/h1-24H. The Balaban J connectivity index is 1.39. The Morgan fingerprint density at radius 1 is 0.667 bits per heavy atom. The minimum Gasteiger partial charge on any atom is -0.464 e. The first-order chi connectivity index (χ1) is 19.2. The van der Waals surface area contributed by atoms with Gasteiger partial charge in [0.1, 0.15) is 16.8 Å². The molecule has 0 unspecified atom stereocenters. The fourth-order valence-corrected chi connectivity index (χ4v) is 5.68. The number of rotatable bonds is 6. The zero-order valence-electron chi connectivity index (χ0n) is 21.1. The topological polar surface area (TPSA) is 48.0 Å². The van der Waals surface area contributed by atoms with Crippen molar-refractivity contribution < 1.29 is 9.21 Å². The fourth-order valence-electron chi connectivity index (χ4n) is 5.68. The van der Waals surface area contributed by atoms with Gasteiger partial charge in [-0.05, 0) is 45.7 Å². The Bertz CT molecular complexity index is 1820. The van der Waals surface area contributed by atoms with Crippen LogP contribution in [0.15, 0.2) is 151 Å². The lowest BCUT2D eigenvalue weighted by molar-refractivity contribution is 0.103. The number of nitrogens with zero attached hydrogens (tertiary/aromatic N) is 2. The van der Waals surface area contributed by atoms with Gasteiger partial charge < -0.3 is 8.98 Å². The zero-order chi connectivity index (χ0) is 26.2. The molecule has 0 amide bonds. The summed E-state index contributed by atoms with van der Waals surface area (Å²) in [6.07, 6.45) is 5.34. The number of fused-ring (bicyclic) bond motifs is 3. The average Bonchev–Trinajstić information content (AvgIpc) is 3.70. The van der Waals surface area contributed by atoms with Crippen molar-refractivity contribution in [2.24, 2.45) is 0 Å². The molecule has 7 rings (SSSR count). The maximum absolute atomic E-state index is 13.8. The molecule has 0 aliphatic rings. The maximum atomic E-state index is 13.8. The molecule has 0 aliphatic heterocycles. The van der Waals surface area contributed by atoms with Crippen molar-refractivity contribution in [1.29, 1.82) is 0 Å². The highest BCUT2D eigenvalue weighted by Gasteiger charge is 2.38. The molecule has 0 radical (unpaired) electrons. The van der Waals surface area contributed by atoms with Crippen LogP contribution < -0.4 is 0 Å². The molecular weight excluding hydrogens is 480 g/mol. The summed E-state index contributed by atoms with van der Waals surface area (Å²) < 4.78 is 7.60. The third-order valence-electron chi connectivity index (χ3n) is 7.49. The quantitative estimate of drug-likeness (QED) is 0.171. The highest BCUT2D eigenvalue weighted by Crippen LogP contribution is 2.41. The lowest BCUT2D eigenvalue weighted by Gasteiger charge is -2.37. The Hall–Kier alpha value is -5.22. The number of furan rings is 1. The van der Waals surface area contributed by atoms with E-state index in [2.05, 4.69) is 45.9 Å². The van der Waals surface area contributed by atoms with Crippen molar-refractivity contribution in [3.05, 3.63) is 174 Å². The van der Waals surface area contributed by atoms with Crippen molar-refractivity contribution in [3.63, 3.8) is 0 Å². The number of aromatic nitrogens is 2. The summed E-state index contributed by atoms with van der Waals surface area (Å²) in [6.45, 7) is 0. The van der Waals surface area contributed by atoms with Gasteiger partial charge in [0.05, 0.1) is 12.6 Å². The van der Waals surface area contributed by atoms with Crippen LogP contribution in [0.3, 0.4) is 0 Å². The molecule has 0 spiro atoms. The van der Waals surface area contributed by atoms with E-state index in [9.17, 15) is 4.79 Å². The summed E-state index contributed by atoms with van der Waals surface area (Å²) >= 11 is 0. The van der Waals surface area contributed by atoms with Crippen molar-refractivity contribution in [2.75, 3.05) is 0 Å².